The van der Waals surface area contributed by atoms with Crippen LogP contribution in [0.25, 0.3) is 0 Å². The SMILES string of the molecule is NC(=NCc1cc(Br)ccc1F)NC1CCOc2ccccc21. The number of ether oxygens (including phenoxy) is 1. The number of nitrogens with one attached hydrogen (secondary N) is 1. The lowest BCUT2D eigenvalue weighted by Gasteiger charge is -2.26. The van der Waals surface area contributed by atoms with Gasteiger partial charge in [0, 0.05) is 22.0 Å². The Labute approximate surface area is 142 Å². The van der Waals surface area contributed by atoms with E-state index in [0.29, 0.717) is 18.1 Å². The molecule has 0 amide bonds. The molecule has 1 aliphatic heterocycles. The van der Waals surface area contributed by atoms with Gasteiger partial charge in [-0.25, -0.2) is 9.38 Å². The summed E-state index contributed by atoms with van der Waals surface area (Å²) < 4.78 is 20.1. The van der Waals surface area contributed by atoms with Crippen molar-refractivity contribution < 1.29 is 9.13 Å². The minimum absolute atomic E-state index is 0.0519. The van der Waals surface area contributed by atoms with Gasteiger partial charge < -0.3 is 15.8 Å². The second kappa shape index (κ2) is 7.00. The quantitative estimate of drug-likeness (QED) is 0.635. The first-order valence-electron chi connectivity index (χ1n) is 7.35. The number of aliphatic imine (C=N–C) groups is 1. The van der Waals surface area contributed by atoms with Gasteiger partial charge in [0.1, 0.15) is 11.6 Å². The van der Waals surface area contributed by atoms with Crippen LogP contribution < -0.4 is 15.8 Å². The Morgan fingerprint density at radius 3 is 3.04 bits per heavy atom. The monoisotopic (exact) mass is 377 g/mol. The molecule has 23 heavy (non-hydrogen) atoms. The van der Waals surface area contributed by atoms with Crippen LogP contribution in [0.2, 0.25) is 0 Å². The minimum atomic E-state index is -0.291. The zero-order valence-corrected chi connectivity index (χ0v) is 14.0. The number of halogens is 2. The minimum Gasteiger partial charge on any atom is -0.493 e. The van der Waals surface area contributed by atoms with Crippen LogP contribution in [0.3, 0.4) is 0 Å². The number of hydrogen-bond donors (Lipinski definition) is 2. The van der Waals surface area contributed by atoms with Crippen molar-refractivity contribution in [1.29, 1.82) is 0 Å². The number of rotatable bonds is 3. The van der Waals surface area contributed by atoms with E-state index in [2.05, 4.69) is 26.2 Å². The summed E-state index contributed by atoms with van der Waals surface area (Å²) in [7, 11) is 0. The van der Waals surface area contributed by atoms with Crippen LogP contribution in [0, 0.1) is 5.82 Å². The molecule has 6 heteroatoms. The molecule has 3 rings (SSSR count). The van der Waals surface area contributed by atoms with Crippen LogP contribution in [0.4, 0.5) is 4.39 Å². The third-order valence-corrected chi connectivity index (χ3v) is 4.20. The third kappa shape index (κ3) is 3.82. The van der Waals surface area contributed by atoms with Crippen LogP contribution in [-0.4, -0.2) is 12.6 Å². The summed E-state index contributed by atoms with van der Waals surface area (Å²) in [5, 5.41) is 3.19. The number of benzene rings is 2. The Hall–Kier alpha value is -2.08. The fourth-order valence-corrected chi connectivity index (χ4v) is 2.96. The molecule has 3 N–H and O–H groups in total. The Kier molecular flexibility index (Phi) is 4.81. The van der Waals surface area contributed by atoms with E-state index in [1.165, 1.54) is 6.07 Å². The van der Waals surface area contributed by atoms with Crippen molar-refractivity contribution in [2.24, 2.45) is 10.7 Å². The molecule has 2 aromatic rings. The van der Waals surface area contributed by atoms with E-state index in [-0.39, 0.29) is 18.4 Å². The first kappa shape index (κ1) is 15.8. The van der Waals surface area contributed by atoms with Gasteiger partial charge >= 0.3 is 0 Å². The predicted molar refractivity (Wildman–Crippen MR) is 91.9 cm³/mol. The molecule has 0 saturated carbocycles. The van der Waals surface area contributed by atoms with E-state index in [9.17, 15) is 4.39 Å². The number of nitrogens with two attached hydrogens (primary N) is 1. The maximum absolute atomic E-state index is 13.7. The largest absolute Gasteiger partial charge is 0.493 e. The number of hydrogen-bond acceptors (Lipinski definition) is 2. The highest BCUT2D eigenvalue weighted by Gasteiger charge is 2.21. The molecule has 120 valence electrons. The second-order valence-electron chi connectivity index (χ2n) is 5.31. The lowest BCUT2D eigenvalue weighted by atomic mass is 10.0. The third-order valence-electron chi connectivity index (χ3n) is 3.71. The van der Waals surface area contributed by atoms with Crippen molar-refractivity contribution in [3.05, 3.63) is 63.9 Å². The van der Waals surface area contributed by atoms with Crippen LogP contribution in [0.15, 0.2) is 51.9 Å². The van der Waals surface area contributed by atoms with E-state index in [1.54, 1.807) is 12.1 Å². The van der Waals surface area contributed by atoms with Gasteiger partial charge in [0.2, 0.25) is 0 Å². The zero-order valence-electron chi connectivity index (χ0n) is 12.4. The molecule has 0 spiro atoms. The molecule has 0 saturated heterocycles. The molecule has 1 heterocycles. The highest BCUT2D eigenvalue weighted by Crippen LogP contribution is 2.31. The zero-order chi connectivity index (χ0) is 16.2. The molecule has 4 nitrogen and oxygen atoms in total. The normalized spacial score (nSPS) is 17.3. The van der Waals surface area contributed by atoms with Crippen molar-refractivity contribution in [3.63, 3.8) is 0 Å². The molecule has 1 atom stereocenters. The molecule has 0 aliphatic carbocycles. The van der Waals surface area contributed by atoms with Gasteiger partial charge in [-0.3, -0.25) is 0 Å². The van der Waals surface area contributed by atoms with E-state index in [4.69, 9.17) is 10.5 Å². The van der Waals surface area contributed by atoms with Crippen LogP contribution in [-0.2, 0) is 6.54 Å². The van der Waals surface area contributed by atoms with Crippen LogP contribution >= 0.6 is 15.9 Å². The Morgan fingerprint density at radius 1 is 1.35 bits per heavy atom. The second-order valence-corrected chi connectivity index (χ2v) is 6.22. The van der Waals surface area contributed by atoms with Gasteiger partial charge in [-0.05, 0) is 24.3 Å². The number of para-hydroxylation sites is 1. The van der Waals surface area contributed by atoms with Crippen LogP contribution in [0.5, 0.6) is 5.75 Å². The predicted octanol–water partition coefficient (Wildman–Crippen LogP) is 3.52. The standard InChI is InChI=1S/C17H17BrFN3O/c18-12-5-6-14(19)11(9-12)10-21-17(20)22-15-7-8-23-16-4-2-1-3-13(15)16/h1-6,9,15H,7-8,10H2,(H3,20,21,22). The van der Waals surface area contributed by atoms with Crippen molar-refractivity contribution in [2.45, 2.75) is 19.0 Å². The van der Waals surface area contributed by atoms with Gasteiger partial charge in [-0.15, -0.1) is 0 Å². The topological polar surface area (TPSA) is 59.6 Å². The fourth-order valence-electron chi connectivity index (χ4n) is 2.55. The van der Waals surface area contributed by atoms with Gasteiger partial charge in [-0.1, -0.05) is 34.1 Å². The molecule has 0 aromatic heterocycles. The summed E-state index contributed by atoms with van der Waals surface area (Å²) >= 11 is 3.33. The van der Waals surface area contributed by atoms with Crippen molar-refractivity contribution in [1.82, 2.24) is 5.32 Å². The molecule has 2 aromatic carbocycles. The van der Waals surface area contributed by atoms with E-state index in [1.807, 2.05) is 24.3 Å². The fraction of sp³-hybridized carbons (Fsp3) is 0.235. The van der Waals surface area contributed by atoms with Gasteiger partial charge in [0.15, 0.2) is 5.96 Å². The van der Waals surface area contributed by atoms with E-state index in [0.717, 1.165) is 22.2 Å². The molecule has 1 aliphatic rings. The van der Waals surface area contributed by atoms with Gasteiger partial charge in [0.25, 0.3) is 0 Å². The molecule has 0 bridgehead atoms. The molecular formula is C17H17BrFN3O. The number of nitrogens with zero attached hydrogens (tertiary/aromatic N) is 1. The summed E-state index contributed by atoms with van der Waals surface area (Å²) in [5.41, 5.74) is 7.52. The molecule has 1 unspecified atom stereocenters. The van der Waals surface area contributed by atoms with Crippen molar-refractivity contribution in [2.75, 3.05) is 6.61 Å². The van der Waals surface area contributed by atoms with Crippen molar-refractivity contribution >= 4 is 21.9 Å². The summed E-state index contributed by atoms with van der Waals surface area (Å²) in [4.78, 5) is 4.25. The van der Waals surface area contributed by atoms with Gasteiger partial charge in [0.05, 0.1) is 19.2 Å². The molecule has 0 radical (unpaired) electrons. The Bertz CT molecular complexity index is 736. The average molecular weight is 378 g/mol. The van der Waals surface area contributed by atoms with Crippen LogP contribution in [0.1, 0.15) is 23.6 Å². The molecular weight excluding hydrogens is 361 g/mol. The van der Waals surface area contributed by atoms with E-state index < -0.39 is 0 Å². The first-order valence-corrected chi connectivity index (χ1v) is 8.15. The highest BCUT2D eigenvalue weighted by molar-refractivity contribution is 9.10. The van der Waals surface area contributed by atoms with Gasteiger partial charge in [-0.2, -0.15) is 0 Å². The number of fused-ring (bicyclic) bond motifs is 1. The smallest absolute Gasteiger partial charge is 0.189 e. The Morgan fingerprint density at radius 2 is 2.17 bits per heavy atom. The lowest BCUT2D eigenvalue weighted by molar-refractivity contribution is 0.262. The maximum Gasteiger partial charge on any atom is 0.189 e. The highest BCUT2D eigenvalue weighted by atomic mass is 79.9. The summed E-state index contributed by atoms with van der Waals surface area (Å²) in [6, 6.07) is 12.7. The van der Waals surface area contributed by atoms with Crippen molar-refractivity contribution in [3.8, 4) is 5.75 Å². The summed E-state index contributed by atoms with van der Waals surface area (Å²) in [6.07, 6.45) is 0.804. The lowest BCUT2D eigenvalue weighted by Crippen LogP contribution is -2.37. The maximum atomic E-state index is 13.7. The summed E-state index contributed by atoms with van der Waals surface area (Å²) in [6.45, 7) is 0.817. The Balaban J connectivity index is 1.70. The first-order chi connectivity index (χ1) is 11.1. The summed E-state index contributed by atoms with van der Waals surface area (Å²) in [5.74, 6) is 0.870. The number of guanidine groups is 1. The molecule has 0 fully saturated rings. The average Bonchev–Trinajstić information content (AvgIpc) is 2.56. The van der Waals surface area contributed by atoms with E-state index >= 15 is 0 Å².